The van der Waals surface area contributed by atoms with Gasteiger partial charge in [0.05, 0.1) is 5.69 Å². The highest BCUT2D eigenvalue weighted by molar-refractivity contribution is 9.10. The fourth-order valence-electron chi connectivity index (χ4n) is 2.09. The molecule has 2 nitrogen and oxygen atoms in total. The monoisotopic (exact) mass is 339 g/mol. The zero-order valence-corrected chi connectivity index (χ0v) is 13.0. The van der Waals surface area contributed by atoms with Gasteiger partial charge < -0.3 is 4.74 Å². The summed E-state index contributed by atoms with van der Waals surface area (Å²) in [6, 6.07) is 22.2. The molecule has 0 saturated heterocycles. The van der Waals surface area contributed by atoms with E-state index in [-0.39, 0.29) is 0 Å². The van der Waals surface area contributed by atoms with Crippen molar-refractivity contribution in [1.82, 2.24) is 4.98 Å². The minimum atomic E-state index is 0.455. The van der Waals surface area contributed by atoms with Gasteiger partial charge in [0, 0.05) is 16.2 Å². The van der Waals surface area contributed by atoms with E-state index in [4.69, 9.17) is 4.74 Å². The molecule has 0 atom stereocenters. The van der Waals surface area contributed by atoms with Crippen LogP contribution in [0.5, 0.6) is 5.75 Å². The summed E-state index contributed by atoms with van der Waals surface area (Å²) in [4.78, 5) is 4.32. The Morgan fingerprint density at radius 2 is 1.62 bits per heavy atom. The van der Waals surface area contributed by atoms with Crippen LogP contribution in [-0.4, -0.2) is 4.98 Å². The van der Waals surface area contributed by atoms with Crippen LogP contribution in [0.3, 0.4) is 0 Å². The number of aromatic nitrogens is 1. The summed E-state index contributed by atoms with van der Waals surface area (Å²) in [6.07, 6.45) is 1.78. The van der Waals surface area contributed by atoms with Crippen LogP contribution in [0.2, 0.25) is 0 Å². The molecule has 0 aliphatic heterocycles. The molecule has 0 saturated carbocycles. The largest absolute Gasteiger partial charge is 0.487 e. The molecule has 0 fully saturated rings. The van der Waals surface area contributed by atoms with Gasteiger partial charge in [-0.15, -0.1) is 0 Å². The molecule has 1 heterocycles. The highest BCUT2D eigenvalue weighted by Crippen LogP contribution is 2.29. The lowest BCUT2D eigenvalue weighted by atomic mass is 10.1. The average Bonchev–Trinajstić information content (AvgIpc) is 2.55. The van der Waals surface area contributed by atoms with E-state index in [0.29, 0.717) is 6.61 Å². The first-order valence-electron chi connectivity index (χ1n) is 6.70. The lowest BCUT2D eigenvalue weighted by Crippen LogP contribution is -1.99. The van der Waals surface area contributed by atoms with E-state index in [1.54, 1.807) is 6.20 Å². The Morgan fingerprint density at radius 3 is 2.38 bits per heavy atom. The number of para-hydroxylation sites is 1. The van der Waals surface area contributed by atoms with Crippen molar-refractivity contribution in [1.29, 1.82) is 0 Å². The summed E-state index contributed by atoms with van der Waals surface area (Å²) in [6.45, 7) is 0.455. The van der Waals surface area contributed by atoms with Crippen LogP contribution in [0.25, 0.3) is 11.1 Å². The molecule has 3 heteroatoms. The van der Waals surface area contributed by atoms with Gasteiger partial charge in [-0.1, -0.05) is 48.5 Å². The first kappa shape index (κ1) is 13.8. The van der Waals surface area contributed by atoms with E-state index in [1.165, 1.54) is 0 Å². The van der Waals surface area contributed by atoms with Crippen LogP contribution in [0.4, 0.5) is 0 Å². The van der Waals surface area contributed by atoms with E-state index in [0.717, 1.165) is 27.0 Å². The molecule has 0 amide bonds. The lowest BCUT2D eigenvalue weighted by molar-refractivity contribution is 0.302. The molecule has 0 unspecified atom stereocenters. The van der Waals surface area contributed by atoms with Crippen LogP contribution < -0.4 is 4.74 Å². The minimum Gasteiger partial charge on any atom is -0.487 e. The number of nitrogens with zero attached hydrogens (tertiary/aromatic N) is 1. The van der Waals surface area contributed by atoms with Gasteiger partial charge in [-0.3, -0.25) is 4.98 Å². The van der Waals surface area contributed by atoms with E-state index < -0.39 is 0 Å². The number of benzene rings is 2. The van der Waals surface area contributed by atoms with E-state index in [2.05, 4.69) is 39.1 Å². The molecule has 0 aliphatic rings. The molecule has 0 radical (unpaired) electrons. The molecular weight excluding hydrogens is 326 g/mol. The SMILES string of the molecule is Brc1ccc(COc2ccccc2-c2ccccc2)nc1. The van der Waals surface area contributed by atoms with Crippen LogP contribution in [0, 0.1) is 0 Å². The second kappa shape index (κ2) is 6.55. The van der Waals surface area contributed by atoms with Gasteiger partial charge in [-0.25, -0.2) is 0 Å². The average molecular weight is 340 g/mol. The highest BCUT2D eigenvalue weighted by atomic mass is 79.9. The fraction of sp³-hybridized carbons (Fsp3) is 0.0556. The van der Waals surface area contributed by atoms with Gasteiger partial charge in [0.25, 0.3) is 0 Å². The fourth-order valence-corrected chi connectivity index (χ4v) is 2.33. The number of pyridine rings is 1. The van der Waals surface area contributed by atoms with Crippen LogP contribution in [0.1, 0.15) is 5.69 Å². The Labute approximate surface area is 132 Å². The van der Waals surface area contributed by atoms with Gasteiger partial charge in [-0.2, -0.15) is 0 Å². The maximum atomic E-state index is 5.94. The van der Waals surface area contributed by atoms with Crippen molar-refractivity contribution in [2.45, 2.75) is 6.61 Å². The molecule has 3 aromatic rings. The third-order valence-electron chi connectivity index (χ3n) is 3.14. The van der Waals surface area contributed by atoms with Crippen molar-refractivity contribution < 1.29 is 4.74 Å². The summed E-state index contributed by atoms with van der Waals surface area (Å²) in [7, 11) is 0. The Balaban J connectivity index is 1.81. The van der Waals surface area contributed by atoms with Gasteiger partial charge in [0.1, 0.15) is 12.4 Å². The van der Waals surface area contributed by atoms with Crippen molar-refractivity contribution in [3.8, 4) is 16.9 Å². The third-order valence-corrected chi connectivity index (χ3v) is 3.61. The Morgan fingerprint density at radius 1 is 0.857 bits per heavy atom. The van der Waals surface area contributed by atoms with Crippen molar-refractivity contribution in [2.75, 3.05) is 0 Å². The normalized spacial score (nSPS) is 10.3. The molecule has 2 aromatic carbocycles. The van der Waals surface area contributed by atoms with Crippen molar-refractivity contribution in [3.05, 3.63) is 83.1 Å². The number of rotatable bonds is 4. The first-order chi connectivity index (χ1) is 10.3. The van der Waals surface area contributed by atoms with Crippen molar-refractivity contribution in [3.63, 3.8) is 0 Å². The topological polar surface area (TPSA) is 22.1 Å². The van der Waals surface area contributed by atoms with Crippen LogP contribution in [-0.2, 0) is 6.61 Å². The van der Waals surface area contributed by atoms with Gasteiger partial charge >= 0.3 is 0 Å². The number of hydrogen-bond acceptors (Lipinski definition) is 2. The molecule has 0 bridgehead atoms. The van der Waals surface area contributed by atoms with Gasteiger partial charge in [0.15, 0.2) is 0 Å². The molecular formula is C18H14BrNO. The molecule has 0 spiro atoms. The second-order valence-electron chi connectivity index (χ2n) is 4.62. The van der Waals surface area contributed by atoms with Crippen molar-refractivity contribution >= 4 is 15.9 Å². The summed E-state index contributed by atoms with van der Waals surface area (Å²) in [5, 5.41) is 0. The summed E-state index contributed by atoms with van der Waals surface area (Å²) in [5.41, 5.74) is 3.15. The number of hydrogen-bond donors (Lipinski definition) is 0. The molecule has 0 N–H and O–H groups in total. The summed E-state index contributed by atoms with van der Waals surface area (Å²) < 4.78 is 6.91. The Kier molecular flexibility index (Phi) is 4.31. The van der Waals surface area contributed by atoms with Crippen molar-refractivity contribution in [2.24, 2.45) is 0 Å². The third kappa shape index (κ3) is 3.50. The quantitative estimate of drug-likeness (QED) is 0.660. The molecule has 1 aromatic heterocycles. The molecule has 21 heavy (non-hydrogen) atoms. The smallest absolute Gasteiger partial charge is 0.130 e. The van der Waals surface area contributed by atoms with Gasteiger partial charge in [0.2, 0.25) is 0 Å². The van der Waals surface area contributed by atoms with E-state index in [1.807, 2.05) is 48.5 Å². The standard InChI is InChI=1S/C18H14BrNO/c19-15-10-11-16(20-12-15)13-21-18-9-5-4-8-17(18)14-6-2-1-3-7-14/h1-12H,13H2. The van der Waals surface area contributed by atoms with Gasteiger partial charge in [-0.05, 0) is 39.7 Å². The lowest BCUT2D eigenvalue weighted by Gasteiger charge is -2.11. The maximum Gasteiger partial charge on any atom is 0.130 e. The molecule has 3 rings (SSSR count). The summed E-state index contributed by atoms with van der Waals surface area (Å²) in [5.74, 6) is 0.869. The second-order valence-corrected chi connectivity index (χ2v) is 5.53. The number of ether oxygens (including phenoxy) is 1. The maximum absolute atomic E-state index is 5.94. The van der Waals surface area contributed by atoms with Crippen LogP contribution >= 0.6 is 15.9 Å². The zero-order valence-electron chi connectivity index (χ0n) is 11.4. The molecule has 0 aliphatic carbocycles. The Bertz CT molecular complexity index is 711. The summed E-state index contributed by atoms with van der Waals surface area (Å²) >= 11 is 3.38. The Hall–Kier alpha value is -2.13. The minimum absolute atomic E-state index is 0.455. The first-order valence-corrected chi connectivity index (χ1v) is 7.50. The predicted molar refractivity (Wildman–Crippen MR) is 88.1 cm³/mol. The predicted octanol–water partition coefficient (Wildman–Crippen LogP) is 5.09. The zero-order chi connectivity index (χ0) is 14.5. The van der Waals surface area contributed by atoms with E-state index >= 15 is 0 Å². The number of halogens is 1. The van der Waals surface area contributed by atoms with E-state index in [9.17, 15) is 0 Å². The van der Waals surface area contributed by atoms with Crippen LogP contribution in [0.15, 0.2) is 77.4 Å². The highest BCUT2D eigenvalue weighted by Gasteiger charge is 2.05. The molecule has 104 valence electrons.